The van der Waals surface area contributed by atoms with E-state index in [1.54, 1.807) is 12.1 Å². The number of hydrogen-bond donors (Lipinski definition) is 1. The zero-order valence-electron chi connectivity index (χ0n) is 14.3. The van der Waals surface area contributed by atoms with E-state index in [0.29, 0.717) is 12.1 Å². The molecule has 0 saturated heterocycles. The summed E-state index contributed by atoms with van der Waals surface area (Å²) in [4.78, 5) is 22.7. The number of aryl methyl sites for hydroxylation is 1. The second-order valence-electron chi connectivity index (χ2n) is 5.92. The third-order valence-electron chi connectivity index (χ3n) is 3.86. The molecule has 0 heterocycles. The highest BCUT2D eigenvalue weighted by atomic mass is 16.6. The van der Waals surface area contributed by atoms with E-state index in [2.05, 4.69) is 19.2 Å². The van der Waals surface area contributed by atoms with Gasteiger partial charge in [-0.1, -0.05) is 52.0 Å². The van der Waals surface area contributed by atoms with E-state index in [9.17, 15) is 14.9 Å². The maximum Gasteiger partial charge on any atom is 0.293 e. The van der Waals surface area contributed by atoms with Gasteiger partial charge in [0.1, 0.15) is 5.69 Å². The Hall–Kier alpha value is -1.91. The maximum absolute atomic E-state index is 11.9. The number of rotatable bonds is 11. The molecule has 0 aromatic heterocycles. The number of carbonyl (C=O) groups excluding carboxylic acids is 1. The number of nitro benzene ring substituents is 1. The van der Waals surface area contributed by atoms with Crippen LogP contribution in [0.15, 0.2) is 18.2 Å². The van der Waals surface area contributed by atoms with Crippen molar-refractivity contribution >= 4 is 17.3 Å². The SMILES string of the molecule is CCCCCCc1ccc(NC(=O)CCCCC)c([N+](=O)[O-])c1. The lowest BCUT2D eigenvalue weighted by molar-refractivity contribution is -0.384. The third-order valence-corrected chi connectivity index (χ3v) is 3.86. The lowest BCUT2D eigenvalue weighted by atomic mass is 10.0. The van der Waals surface area contributed by atoms with Crippen LogP contribution in [0.3, 0.4) is 0 Å². The van der Waals surface area contributed by atoms with Gasteiger partial charge in [0.05, 0.1) is 4.92 Å². The van der Waals surface area contributed by atoms with Crippen molar-refractivity contribution in [3.63, 3.8) is 0 Å². The normalized spacial score (nSPS) is 10.5. The van der Waals surface area contributed by atoms with Crippen LogP contribution in [0.4, 0.5) is 11.4 Å². The van der Waals surface area contributed by atoms with E-state index in [0.717, 1.165) is 44.1 Å². The summed E-state index contributed by atoms with van der Waals surface area (Å²) in [7, 11) is 0. The largest absolute Gasteiger partial charge is 0.320 e. The minimum Gasteiger partial charge on any atom is -0.320 e. The standard InChI is InChI=1S/C18H28N2O3/c1-3-5-7-9-10-15-12-13-16(17(14-15)20(22)23)19-18(21)11-8-6-4-2/h12-14H,3-11H2,1-2H3,(H,19,21). The summed E-state index contributed by atoms with van der Waals surface area (Å²) in [6.45, 7) is 4.23. The first-order valence-electron chi connectivity index (χ1n) is 8.65. The summed E-state index contributed by atoms with van der Waals surface area (Å²) in [6.07, 6.45) is 8.62. The summed E-state index contributed by atoms with van der Waals surface area (Å²) >= 11 is 0. The van der Waals surface area contributed by atoms with Crippen molar-refractivity contribution in [2.24, 2.45) is 0 Å². The zero-order valence-corrected chi connectivity index (χ0v) is 14.3. The van der Waals surface area contributed by atoms with Crippen molar-refractivity contribution in [1.82, 2.24) is 0 Å². The van der Waals surface area contributed by atoms with E-state index >= 15 is 0 Å². The zero-order chi connectivity index (χ0) is 17.1. The van der Waals surface area contributed by atoms with Crippen LogP contribution in [0.1, 0.15) is 70.8 Å². The summed E-state index contributed by atoms with van der Waals surface area (Å²) in [5.74, 6) is -0.155. The molecule has 1 aromatic carbocycles. The van der Waals surface area contributed by atoms with Crippen LogP contribution in [-0.2, 0) is 11.2 Å². The highest BCUT2D eigenvalue weighted by Crippen LogP contribution is 2.26. The van der Waals surface area contributed by atoms with Crippen LogP contribution in [0.25, 0.3) is 0 Å². The monoisotopic (exact) mass is 320 g/mol. The minimum atomic E-state index is -0.419. The average molecular weight is 320 g/mol. The Labute approximate surface area is 138 Å². The highest BCUT2D eigenvalue weighted by Gasteiger charge is 2.16. The third kappa shape index (κ3) is 7.26. The Balaban J connectivity index is 2.68. The second kappa shape index (κ2) is 10.8. The van der Waals surface area contributed by atoms with Crippen LogP contribution in [0.2, 0.25) is 0 Å². The Kier molecular flexibility index (Phi) is 8.95. The number of nitrogens with zero attached hydrogens (tertiary/aromatic N) is 1. The molecule has 5 nitrogen and oxygen atoms in total. The van der Waals surface area contributed by atoms with Crippen LogP contribution in [-0.4, -0.2) is 10.8 Å². The number of benzene rings is 1. The fraction of sp³-hybridized carbons (Fsp3) is 0.611. The van der Waals surface area contributed by atoms with E-state index in [4.69, 9.17) is 0 Å². The molecular weight excluding hydrogens is 292 g/mol. The summed E-state index contributed by atoms with van der Waals surface area (Å²) in [5, 5.41) is 13.9. The van der Waals surface area contributed by atoms with Crippen molar-refractivity contribution in [3.8, 4) is 0 Å². The van der Waals surface area contributed by atoms with Gasteiger partial charge >= 0.3 is 0 Å². The molecule has 0 bridgehead atoms. The number of nitrogens with one attached hydrogen (secondary N) is 1. The lowest BCUT2D eigenvalue weighted by Gasteiger charge is -2.08. The molecule has 5 heteroatoms. The van der Waals surface area contributed by atoms with E-state index in [1.165, 1.54) is 12.8 Å². The Morgan fingerprint density at radius 1 is 1.09 bits per heavy atom. The molecular formula is C18H28N2O3. The molecule has 0 spiro atoms. The summed E-state index contributed by atoms with van der Waals surface area (Å²) in [6, 6.07) is 5.12. The molecule has 0 aliphatic heterocycles. The predicted molar refractivity (Wildman–Crippen MR) is 93.7 cm³/mol. The van der Waals surface area contributed by atoms with Gasteiger partial charge in [0.25, 0.3) is 5.69 Å². The molecule has 1 rings (SSSR count). The predicted octanol–water partition coefficient (Wildman–Crippen LogP) is 5.24. The molecule has 0 aliphatic carbocycles. The minimum absolute atomic E-state index is 0.0122. The van der Waals surface area contributed by atoms with Gasteiger partial charge in [-0.2, -0.15) is 0 Å². The molecule has 1 N–H and O–H groups in total. The molecule has 1 amide bonds. The smallest absolute Gasteiger partial charge is 0.293 e. The Morgan fingerprint density at radius 3 is 2.43 bits per heavy atom. The molecule has 0 atom stereocenters. The van der Waals surface area contributed by atoms with Crippen molar-refractivity contribution in [2.75, 3.05) is 5.32 Å². The highest BCUT2D eigenvalue weighted by molar-refractivity contribution is 5.93. The first-order valence-corrected chi connectivity index (χ1v) is 8.65. The number of nitro groups is 1. The number of anilines is 1. The van der Waals surface area contributed by atoms with Gasteiger partial charge in [0, 0.05) is 12.5 Å². The van der Waals surface area contributed by atoms with Crippen LogP contribution >= 0.6 is 0 Å². The van der Waals surface area contributed by atoms with Crippen LogP contribution in [0, 0.1) is 10.1 Å². The van der Waals surface area contributed by atoms with Gasteiger partial charge in [-0.3, -0.25) is 14.9 Å². The molecule has 1 aromatic rings. The fourth-order valence-corrected chi connectivity index (χ4v) is 2.49. The summed E-state index contributed by atoms with van der Waals surface area (Å²) < 4.78 is 0. The summed E-state index contributed by atoms with van der Waals surface area (Å²) in [5.41, 5.74) is 1.24. The molecule has 0 fully saturated rings. The van der Waals surface area contributed by atoms with Gasteiger partial charge in [-0.05, 0) is 30.9 Å². The molecule has 0 radical (unpaired) electrons. The molecule has 23 heavy (non-hydrogen) atoms. The number of amides is 1. The van der Waals surface area contributed by atoms with Crippen molar-refractivity contribution < 1.29 is 9.72 Å². The first-order chi connectivity index (χ1) is 11.1. The maximum atomic E-state index is 11.9. The molecule has 0 unspecified atom stereocenters. The lowest BCUT2D eigenvalue weighted by Crippen LogP contribution is -2.12. The molecule has 128 valence electrons. The van der Waals surface area contributed by atoms with Crippen molar-refractivity contribution in [3.05, 3.63) is 33.9 Å². The van der Waals surface area contributed by atoms with Gasteiger partial charge in [-0.25, -0.2) is 0 Å². The number of hydrogen-bond acceptors (Lipinski definition) is 3. The first kappa shape index (κ1) is 19.1. The molecule has 0 saturated carbocycles. The van der Waals surface area contributed by atoms with Crippen molar-refractivity contribution in [2.45, 2.75) is 71.6 Å². The van der Waals surface area contributed by atoms with Gasteiger partial charge in [0.15, 0.2) is 0 Å². The van der Waals surface area contributed by atoms with Crippen molar-refractivity contribution in [1.29, 1.82) is 0 Å². The quantitative estimate of drug-likeness (QED) is 0.344. The average Bonchev–Trinajstić information content (AvgIpc) is 2.52. The van der Waals surface area contributed by atoms with E-state index in [-0.39, 0.29) is 11.6 Å². The van der Waals surface area contributed by atoms with E-state index < -0.39 is 4.92 Å². The Bertz CT molecular complexity index is 515. The second-order valence-corrected chi connectivity index (χ2v) is 5.92. The van der Waals surface area contributed by atoms with E-state index in [1.807, 2.05) is 6.07 Å². The van der Waals surface area contributed by atoms with Crippen LogP contribution in [0.5, 0.6) is 0 Å². The Morgan fingerprint density at radius 2 is 1.78 bits per heavy atom. The van der Waals surface area contributed by atoms with Gasteiger partial charge < -0.3 is 5.32 Å². The van der Waals surface area contributed by atoms with Gasteiger partial charge in [-0.15, -0.1) is 0 Å². The van der Waals surface area contributed by atoms with Crippen LogP contribution < -0.4 is 5.32 Å². The molecule has 0 aliphatic rings. The van der Waals surface area contributed by atoms with Gasteiger partial charge in [0.2, 0.25) is 5.91 Å². The fourth-order valence-electron chi connectivity index (χ4n) is 2.49. The topological polar surface area (TPSA) is 72.2 Å². The number of unbranched alkanes of at least 4 members (excludes halogenated alkanes) is 5. The number of carbonyl (C=O) groups is 1.